The summed E-state index contributed by atoms with van der Waals surface area (Å²) in [5, 5.41) is 3.62. The van der Waals surface area contributed by atoms with Gasteiger partial charge in [-0.1, -0.05) is 52.9 Å². The summed E-state index contributed by atoms with van der Waals surface area (Å²) in [7, 11) is 0. The van der Waals surface area contributed by atoms with Crippen LogP contribution in [0.3, 0.4) is 0 Å². The molecule has 1 aliphatic carbocycles. The Morgan fingerprint density at radius 2 is 1.81 bits per heavy atom. The van der Waals surface area contributed by atoms with Crippen molar-refractivity contribution in [3.05, 3.63) is 0 Å². The molecule has 0 bridgehead atoms. The maximum absolute atomic E-state index is 3.62. The summed E-state index contributed by atoms with van der Waals surface area (Å²) in [6, 6.07) is 0. The summed E-state index contributed by atoms with van der Waals surface area (Å²) in [6.07, 6.45) is 10.2. The smallest absolute Gasteiger partial charge is 0.00178 e. The van der Waals surface area contributed by atoms with E-state index in [0.717, 1.165) is 17.8 Å². The molecule has 0 aliphatic heterocycles. The molecule has 1 heteroatoms. The summed E-state index contributed by atoms with van der Waals surface area (Å²) in [5.41, 5.74) is 0. The van der Waals surface area contributed by atoms with Crippen LogP contribution < -0.4 is 5.32 Å². The molecule has 0 aromatic rings. The fraction of sp³-hybridized carbons (Fsp3) is 1.00. The second-order valence-corrected chi connectivity index (χ2v) is 6.00. The molecule has 0 amide bonds. The minimum atomic E-state index is 0.795. The second kappa shape index (κ2) is 8.11. The standard InChI is InChI=1S/C15H31N/c1-4-5-6-7-8-14-9-10-15(14)12-16-11-13(2)3/h13-16H,4-12H2,1-3H3. The van der Waals surface area contributed by atoms with E-state index in [1.165, 1.54) is 58.0 Å². The van der Waals surface area contributed by atoms with Gasteiger partial charge in [0, 0.05) is 0 Å². The van der Waals surface area contributed by atoms with Crippen LogP contribution in [0.15, 0.2) is 0 Å². The lowest BCUT2D eigenvalue weighted by Gasteiger charge is -2.37. The minimum Gasteiger partial charge on any atom is -0.316 e. The molecule has 0 aromatic heterocycles. The Morgan fingerprint density at radius 3 is 2.38 bits per heavy atom. The average Bonchev–Trinajstić information content (AvgIpc) is 2.22. The van der Waals surface area contributed by atoms with Crippen LogP contribution in [0.5, 0.6) is 0 Å². The van der Waals surface area contributed by atoms with E-state index in [9.17, 15) is 0 Å². The van der Waals surface area contributed by atoms with E-state index >= 15 is 0 Å². The largest absolute Gasteiger partial charge is 0.316 e. The number of hydrogen-bond acceptors (Lipinski definition) is 1. The maximum atomic E-state index is 3.62. The van der Waals surface area contributed by atoms with Crippen molar-refractivity contribution in [3.63, 3.8) is 0 Å². The van der Waals surface area contributed by atoms with Crippen molar-refractivity contribution >= 4 is 0 Å². The monoisotopic (exact) mass is 225 g/mol. The zero-order valence-corrected chi connectivity index (χ0v) is 11.6. The predicted molar refractivity (Wildman–Crippen MR) is 72.7 cm³/mol. The molecular weight excluding hydrogens is 194 g/mol. The molecule has 0 heterocycles. The molecule has 1 fully saturated rings. The van der Waals surface area contributed by atoms with Gasteiger partial charge in [0.25, 0.3) is 0 Å². The zero-order chi connectivity index (χ0) is 11.8. The Balaban J connectivity index is 1.97. The van der Waals surface area contributed by atoms with Gasteiger partial charge in [0.15, 0.2) is 0 Å². The van der Waals surface area contributed by atoms with Crippen molar-refractivity contribution in [2.24, 2.45) is 17.8 Å². The third kappa shape index (κ3) is 5.34. The summed E-state index contributed by atoms with van der Waals surface area (Å²) in [4.78, 5) is 0. The fourth-order valence-electron chi connectivity index (χ4n) is 2.68. The third-order valence-corrected chi connectivity index (χ3v) is 3.96. The van der Waals surface area contributed by atoms with Gasteiger partial charge in [0.05, 0.1) is 0 Å². The van der Waals surface area contributed by atoms with Gasteiger partial charge in [-0.2, -0.15) is 0 Å². The number of nitrogens with one attached hydrogen (secondary N) is 1. The first-order valence-corrected chi connectivity index (χ1v) is 7.44. The van der Waals surface area contributed by atoms with Gasteiger partial charge < -0.3 is 5.32 Å². The van der Waals surface area contributed by atoms with Crippen LogP contribution in [0.25, 0.3) is 0 Å². The van der Waals surface area contributed by atoms with Gasteiger partial charge in [-0.15, -0.1) is 0 Å². The first-order chi connectivity index (χ1) is 7.74. The molecule has 2 unspecified atom stereocenters. The molecule has 1 rings (SSSR count). The van der Waals surface area contributed by atoms with Crippen molar-refractivity contribution in [1.82, 2.24) is 5.32 Å². The fourth-order valence-corrected chi connectivity index (χ4v) is 2.68. The van der Waals surface area contributed by atoms with Crippen LogP contribution in [-0.2, 0) is 0 Å². The second-order valence-electron chi connectivity index (χ2n) is 6.00. The Kier molecular flexibility index (Phi) is 7.11. The molecule has 1 saturated carbocycles. The summed E-state index contributed by atoms with van der Waals surface area (Å²) >= 11 is 0. The molecule has 1 nitrogen and oxygen atoms in total. The van der Waals surface area contributed by atoms with Crippen LogP contribution in [0, 0.1) is 17.8 Å². The first-order valence-electron chi connectivity index (χ1n) is 7.44. The molecule has 0 spiro atoms. The van der Waals surface area contributed by atoms with Crippen molar-refractivity contribution in [3.8, 4) is 0 Å². The predicted octanol–water partition coefficient (Wildman–Crippen LogP) is 4.23. The van der Waals surface area contributed by atoms with Gasteiger partial charge in [0.2, 0.25) is 0 Å². The lowest BCUT2D eigenvalue weighted by Crippen LogP contribution is -2.36. The van der Waals surface area contributed by atoms with E-state index in [1.54, 1.807) is 0 Å². The number of unbranched alkanes of at least 4 members (excludes halogenated alkanes) is 3. The van der Waals surface area contributed by atoms with E-state index in [2.05, 4.69) is 26.1 Å². The number of hydrogen-bond donors (Lipinski definition) is 1. The molecule has 96 valence electrons. The average molecular weight is 225 g/mol. The zero-order valence-electron chi connectivity index (χ0n) is 11.6. The van der Waals surface area contributed by atoms with Crippen molar-refractivity contribution in [2.75, 3.05) is 13.1 Å². The van der Waals surface area contributed by atoms with Crippen molar-refractivity contribution in [1.29, 1.82) is 0 Å². The van der Waals surface area contributed by atoms with Crippen LogP contribution in [0.4, 0.5) is 0 Å². The summed E-state index contributed by atoms with van der Waals surface area (Å²) < 4.78 is 0. The Morgan fingerprint density at radius 1 is 1.06 bits per heavy atom. The highest BCUT2D eigenvalue weighted by Gasteiger charge is 2.29. The highest BCUT2D eigenvalue weighted by Crippen LogP contribution is 2.37. The van der Waals surface area contributed by atoms with E-state index in [1.807, 2.05) is 0 Å². The lowest BCUT2D eigenvalue weighted by atomic mass is 9.71. The Hall–Kier alpha value is -0.0400. The molecule has 0 saturated heterocycles. The van der Waals surface area contributed by atoms with Gasteiger partial charge in [-0.05, 0) is 43.7 Å². The Labute approximate surface area is 102 Å². The number of rotatable bonds is 9. The molecule has 0 aromatic carbocycles. The highest BCUT2D eigenvalue weighted by molar-refractivity contribution is 4.82. The van der Waals surface area contributed by atoms with E-state index in [4.69, 9.17) is 0 Å². The molecule has 2 atom stereocenters. The van der Waals surface area contributed by atoms with Gasteiger partial charge in [-0.25, -0.2) is 0 Å². The van der Waals surface area contributed by atoms with E-state index in [0.29, 0.717) is 0 Å². The minimum absolute atomic E-state index is 0.795. The quantitative estimate of drug-likeness (QED) is 0.579. The van der Waals surface area contributed by atoms with Gasteiger partial charge in [-0.3, -0.25) is 0 Å². The third-order valence-electron chi connectivity index (χ3n) is 3.96. The molecule has 1 N–H and O–H groups in total. The highest BCUT2D eigenvalue weighted by atomic mass is 14.9. The van der Waals surface area contributed by atoms with Crippen molar-refractivity contribution in [2.45, 2.75) is 65.7 Å². The maximum Gasteiger partial charge on any atom is -0.00178 e. The topological polar surface area (TPSA) is 12.0 Å². The SMILES string of the molecule is CCCCCCC1CCC1CNCC(C)C. The van der Waals surface area contributed by atoms with Crippen molar-refractivity contribution < 1.29 is 0 Å². The molecule has 0 radical (unpaired) electrons. The molecular formula is C15H31N. The lowest BCUT2D eigenvalue weighted by molar-refractivity contribution is 0.155. The normalized spacial score (nSPS) is 24.8. The summed E-state index contributed by atoms with van der Waals surface area (Å²) in [5.74, 6) is 2.85. The molecule has 1 aliphatic rings. The van der Waals surface area contributed by atoms with Gasteiger partial charge in [0.1, 0.15) is 0 Å². The van der Waals surface area contributed by atoms with E-state index < -0.39 is 0 Å². The van der Waals surface area contributed by atoms with Gasteiger partial charge >= 0.3 is 0 Å². The van der Waals surface area contributed by atoms with E-state index in [-0.39, 0.29) is 0 Å². The van der Waals surface area contributed by atoms with Crippen LogP contribution in [0.2, 0.25) is 0 Å². The summed E-state index contributed by atoms with van der Waals surface area (Å²) in [6.45, 7) is 9.34. The van der Waals surface area contributed by atoms with Crippen LogP contribution >= 0.6 is 0 Å². The Bertz CT molecular complexity index is 165. The first kappa shape index (κ1) is 14.0. The van der Waals surface area contributed by atoms with Crippen LogP contribution in [-0.4, -0.2) is 13.1 Å². The van der Waals surface area contributed by atoms with Crippen LogP contribution in [0.1, 0.15) is 65.7 Å². The molecule has 16 heavy (non-hydrogen) atoms.